The normalized spacial score (nSPS) is 12.2. The lowest BCUT2D eigenvalue weighted by molar-refractivity contribution is 0.287. The lowest BCUT2D eigenvalue weighted by Gasteiger charge is -2.13. The topological polar surface area (TPSA) is 18.5 Å². The van der Waals surface area contributed by atoms with Gasteiger partial charge in [-0.1, -0.05) is 28.9 Å². The van der Waals surface area contributed by atoms with Gasteiger partial charge < -0.3 is 9.47 Å². The molecular formula is C15H23BrO2. The number of hydrogen-bond acceptors (Lipinski definition) is 2. The summed E-state index contributed by atoms with van der Waals surface area (Å²) in [6.07, 6.45) is 3.38. The van der Waals surface area contributed by atoms with Gasteiger partial charge in [0.15, 0.2) is 11.5 Å². The maximum atomic E-state index is 5.63. The average molecular weight is 315 g/mol. The van der Waals surface area contributed by atoms with Gasteiger partial charge in [0, 0.05) is 4.83 Å². The van der Waals surface area contributed by atoms with E-state index in [1.165, 1.54) is 5.56 Å². The lowest BCUT2D eigenvalue weighted by atomic mass is 10.1. The third kappa shape index (κ3) is 4.89. The molecule has 18 heavy (non-hydrogen) atoms. The van der Waals surface area contributed by atoms with Crippen molar-refractivity contribution in [2.45, 2.75) is 44.9 Å². The molecule has 1 aromatic carbocycles. The quantitative estimate of drug-likeness (QED) is 0.653. The van der Waals surface area contributed by atoms with Crippen LogP contribution in [0.15, 0.2) is 18.2 Å². The van der Waals surface area contributed by atoms with Crippen LogP contribution in [-0.2, 0) is 6.42 Å². The SMILES string of the molecule is CCOc1ccc(CCC(Br)CC)cc1OCC. The Morgan fingerprint density at radius 1 is 1.06 bits per heavy atom. The van der Waals surface area contributed by atoms with Crippen LogP contribution in [0.2, 0.25) is 0 Å². The van der Waals surface area contributed by atoms with Gasteiger partial charge >= 0.3 is 0 Å². The Balaban J connectivity index is 2.72. The molecule has 0 amide bonds. The molecule has 0 aliphatic carbocycles. The summed E-state index contributed by atoms with van der Waals surface area (Å²) in [5.41, 5.74) is 1.31. The lowest BCUT2D eigenvalue weighted by Crippen LogP contribution is -2.01. The first-order valence-corrected chi connectivity index (χ1v) is 7.65. The number of ether oxygens (including phenoxy) is 2. The minimum Gasteiger partial charge on any atom is -0.490 e. The maximum Gasteiger partial charge on any atom is 0.161 e. The van der Waals surface area contributed by atoms with E-state index in [9.17, 15) is 0 Å². The van der Waals surface area contributed by atoms with E-state index in [2.05, 4.69) is 35.0 Å². The van der Waals surface area contributed by atoms with Gasteiger partial charge in [0.05, 0.1) is 13.2 Å². The molecule has 0 heterocycles. The highest BCUT2D eigenvalue weighted by molar-refractivity contribution is 9.09. The van der Waals surface area contributed by atoms with E-state index in [0.29, 0.717) is 18.0 Å². The van der Waals surface area contributed by atoms with E-state index in [0.717, 1.165) is 30.8 Å². The highest BCUT2D eigenvalue weighted by Gasteiger charge is 2.07. The van der Waals surface area contributed by atoms with Crippen LogP contribution in [0.3, 0.4) is 0 Å². The molecule has 0 aliphatic rings. The van der Waals surface area contributed by atoms with Crippen LogP contribution in [0.1, 0.15) is 39.2 Å². The molecular weight excluding hydrogens is 292 g/mol. The molecule has 2 nitrogen and oxygen atoms in total. The van der Waals surface area contributed by atoms with Crippen molar-refractivity contribution in [3.05, 3.63) is 23.8 Å². The number of alkyl halides is 1. The fourth-order valence-corrected chi connectivity index (χ4v) is 2.01. The van der Waals surface area contributed by atoms with Gasteiger partial charge in [0.2, 0.25) is 0 Å². The van der Waals surface area contributed by atoms with Gasteiger partial charge in [-0.05, 0) is 50.8 Å². The fourth-order valence-electron chi connectivity index (χ4n) is 1.78. The van der Waals surface area contributed by atoms with E-state index in [-0.39, 0.29) is 0 Å². The summed E-state index contributed by atoms with van der Waals surface area (Å²) in [4.78, 5) is 0.597. The largest absolute Gasteiger partial charge is 0.490 e. The van der Waals surface area contributed by atoms with Crippen LogP contribution >= 0.6 is 15.9 Å². The first-order chi connectivity index (χ1) is 8.71. The second-order valence-electron chi connectivity index (χ2n) is 4.19. The van der Waals surface area contributed by atoms with Crippen molar-refractivity contribution in [2.24, 2.45) is 0 Å². The van der Waals surface area contributed by atoms with Gasteiger partial charge in [0.1, 0.15) is 0 Å². The first kappa shape index (κ1) is 15.4. The smallest absolute Gasteiger partial charge is 0.161 e. The summed E-state index contributed by atoms with van der Waals surface area (Å²) in [7, 11) is 0. The number of rotatable bonds is 8. The van der Waals surface area contributed by atoms with Crippen LogP contribution in [0, 0.1) is 0 Å². The molecule has 3 heteroatoms. The molecule has 0 spiro atoms. The van der Waals surface area contributed by atoms with Gasteiger partial charge in [-0.3, -0.25) is 0 Å². The first-order valence-electron chi connectivity index (χ1n) is 6.73. The number of benzene rings is 1. The zero-order valence-corrected chi connectivity index (χ0v) is 13.1. The molecule has 1 aromatic rings. The summed E-state index contributed by atoms with van der Waals surface area (Å²) in [6, 6.07) is 6.24. The Kier molecular flexibility index (Phi) is 7.18. The van der Waals surface area contributed by atoms with Crippen LogP contribution in [0.4, 0.5) is 0 Å². The van der Waals surface area contributed by atoms with Gasteiger partial charge in [-0.2, -0.15) is 0 Å². The van der Waals surface area contributed by atoms with Crippen molar-refractivity contribution >= 4 is 15.9 Å². The fraction of sp³-hybridized carbons (Fsp3) is 0.600. The van der Waals surface area contributed by atoms with E-state index >= 15 is 0 Å². The molecule has 0 radical (unpaired) electrons. The van der Waals surface area contributed by atoms with Crippen molar-refractivity contribution in [3.63, 3.8) is 0 Å². The molecule has 0 saturated carbocycles. The Morgan fingerprint density at radius 3 is 2.33 bits per heavy atom. The van der Waals surface area contributed by atoms with Gasteiger partial charge in [-0.25, -0.2) is 0 Å². The zero-order valence-electron chi connectivity index (χ0n) is 11.5. The van der Waals surface area contributed by atoms with E-state index in [4.69, 9.17) is 9.47 Å². The highest BCUT2D eigenvalue weighted by Crippen LogP contribution is 2.29. The van der Waals surface area contributed by atoms with Gasteiger partial charge in [0.25, 0.3) is 0 Å². The molecule has 0 N–H and O–H groups in total. The predicted molar refractivity (Wildman–Crippen MR) is 80.1 cm³/mol. The molecule has 0 aliphatic heterocycles. The van der Waals surface area contributed by atoms with Crippen molar-refractivity contribution in [3.8, 4) is 11.5 Å². The van der Waals surface area contributed by atoms with Crippen LogP contribution < -0.4 is 9.47 Å². The molecule has 0 bridgehead atoms. The Morgan fingerprint density at radius 2 is 1.72 bits per heavy atom. The van der Waals surface area contributed by atoms with Crippen LogP contribution in [0.5, 0.6) is 11.5 Å². The van der Waals surface area contributed by atoms with Crippen LogP contribution in [0.25, 0.3) is 0 Å². The van der Waals surface area contributed by atoms with Crippen molar-refractivity contribution in [1.82, 2.24) is 0 Å². The monoisotopic (exact) mass is 314 g/mol. The van der Waals surface area contributed by atoms with Gasteiger partial charge in [-0.15, -0.1) is 0 Å². The second-order valence-corrected chi connectivity index (χ2v) is 5.49. The maximum absolute atomic E-state index is 5.63. The summed E-state index contributed by atoms with van der Waals surface area (Å²) in [6.45, 7) is 7.51. The summed E-state index contributed by atoms with van der Waals surface area (Å²) in [5.74, 6) is 1.70. The minimum atomic E-state index is 0.597. The standard InChI is InChI=1S/C15H23BrO2/c1-4-13(16)9-7-12-8-10-14(17-5-2)15(11-12)18-6-3/h8,10-11,13H,4-7,9H2,1-3H3. The molecule has 1 unspecified atom stereocenters. The third-order valence-corrected chi connectivity index (χ3v) is 3.90. The molecule has 102 valence electrons. The van der Waals surface area contributed by atoms with E-state index in [1.54, 1.807) is 0 Å². The zero-order chi connectivity index (χ0) is 13.4. The van der Waals surface area contributed by atoms with Crippen LogP contribution in [-0.4, -0.2) is 18.0 Å². The van der Waals surface area contributed by atoms with Crippen molar-refractivity contribution in [2.75, 3.05) is 13.2 Å². The molecule has 0 fully saturated rings. The number of halogens is 1. The summed E-state index contributed by atoms with van der Waals surface area (Å²) in [5, 5.41) is 0. The average Bonchev–Trinajstić information content (AvgIpc) is 2.39. The molecule has 0 saturated heterocycles. The minimum absolute atomic E-state index is 0.597. The van der Waals surface area contributed by atoms with E-state index < -0.39 is 0 Å². The van der Waals surface area contributed by atoms with Crippen molar-refractivity contribution < 1.29 is 9.47 Å². The Bertz CT molecular complexity index is 352. The Hall–Kier alpha value is -0.700. The summed E-state index contributed by atoms with van der Waals surface area (Å²) < 4.78 is 11.2. The van der Waals surface area contributed by atoms with E-state index in [1.807, 2.05) is 19.9 Å². The Labute approximate surface area is 119 Å². The third-order valence-electron chi connectivity index (χ3n) is 2.80. The number of aryl methyl sites for hydroxylation is 1. The molecule has 1 atom stereocenters. The summed E-state index contributed by atoms with van der Waals surface area (Å²) >= 11 is 3.67. The van der Waals surface area contributed by atoms with Crippen molar-refractivity contribution in [1.29, 1.82) is 0 Å². The molecule has 1 rings (SSSR count). The predicted octanol–water partition coefficient (Wildman–Crippen LogP) is 4.59. The number of hydrogen-bond donors (Lipinski definition) is 0. The second kappa shape index (κ2) is 8.41. The highest BCUT2D eigenvalue weighted by atomic mass is 79.9. The molecule has 0 aromatic heterocycles.